The number of Topliss-reactive ketones (excluding diaryl/α,β-unsaturated/α-hetero) is 1. The SMILES string of the molecule is [CH2-]C(CCC(C)=O)C(=O)NC(=O)CON.[W]. The number of carbonyl (C=O) groups is 3. The van der Waals surface area contributed by atoms with E-state index in [1.165, 1.54) is 6.92 Å². The molecule has 0 spiro atoms. The Labute approximate surface area is 108 Å². The van der Waals surface area contributed by atoms with Gasteiger partial charge in [0.05, 0.1) is 0 Å². The van der Waals surface area contributed by atoms with Crippen LogP contribution in [0.25, 0.3) is 0 Å². The molecule has 0 aliphatic rings. The minimum absolute atomic E-state index is 0. The Bertz CT molecular complexity index is 258. The summed E-state index contributed by atoms with van der Waals surface area (Å²) < 4.78 is 0. The van der Waals surface area contributed by atoms with Gasteiger partial charge in [-0.05, 0) is 6.92 Å². The first-order valence-corrected chi connectivity index (χ1v) is 4.45. The minimum Gasteiger partial charge on any atom is -0.331 e. The topological polar surface area (TPSA) is 98.5 Å². The second-order valence-electron chi connectivity index (χ2n) is 3.16. The smallest absolute Gasteiger partial charge is 0.254 e. The molecular formula is C9H15N2O4W-. The molecule has 6 nitrogen and oxygen atoms in total. The Morgan fingerprint density at radius 2 is 2.00 bits per heavy atom. The number of hydrogen-bond donors (Lipinski definition) is 2. The van der Waals surface area contributed by atoms with Crippen molar-refractivity contribution >= 4 is 17.6 Å². The monoisotopic (exact) mass is 399 g/mol. The number of rotatable bonds is 6. The van der Waals surface area contributed by atoms with E-state index in [2.05, 4.69) is 17.7 Å². The molecule has 0 aromatic heterocycles. The van der Waals surface area contributed by atoms with Gasteiger partial charge in [0.2, 0.25) is 0 Å². The van der Waals surface area contributed by atoms with Gasteiger partial charge in [0, 0.05) is 27.5 Å². The van der Waals surface area contributed by atoms with Gasteiger partial charge in [-0.15, -0.1) is 0 Å². The van der Waals surface area contributed by atoms with Gasteiger partial charge in [-0.1, -0.05) is 12.3 Å². The molecule has 3 N–H and O–H groups in total. The summed E-state index contributed by atoms with van der Waals surface area (Å²) in [4.78, 5) is 36.8. The van der Waals surface area contributed by atoms with Crippen LogP contribution >= 0.6 is 0 Å². The van der Waals surface area contributed by atoms with E-state index in [4.69, 9.17) is 0 Å². The van der Waals surface area contributed by atoms with Crippen molar-refractivity contribution < 1.29 is 40.3 Å². The molecule has 2 amide bonds. The summed E-state index contributed by atoms with van der Waals surface area (Å²) in [6.45, 7) is 4.58. The Balaban J connectivity index is 0. The van der Waals surface area contributed by atoms with E-state index < -0.39 is 17.7 Å². The van der Waals surface area contributed by atoms with Crippen molar-refractivity contribution in [3.63, 3.8) is 0 Å². The molecule has 0 aliphatic heterocycles. The Hall–Kier alpha value is -0.582. The van der Waals surface area contributed by atoms with Crippen LogP contribution in [0.4, 0.5) is 0 Å². The van der Waals surface area contributed by atoms with Crippen molar-refractivity contribution in [2.24, 2.45) is 11.8 Å². The van der Waals surface area contributed by atoms with E-state index in [1.807, 2.05) is 5.32 Å². The first-order chi connectivity index (χ1) is 6.97. The molecule has 0 saturated heterocycles. The van der Waals surface area contributed by atoms with Crippen LogP contribution in [-0.4, -0.2) is 24.2 Å². The molecule has 1 atom stereocenters. The van der Waals surface area contributed by atoms with Gasteiger partial charge in [0.15, 0.2) is 5.91 Å². The maximum Gasteiger partial charge on any atom is 0.254 e. The van der Waals surface area contributed by atoms with Gasteiger partial charge in [-0.2, -0.15) is 0 Å². The third kappa shape index (κ3) is 8.70. The number of nitrogens with one attached hydrogen (secondary N) is 1. The first kappa shape index (κ1) is 17.8. The van der Waals surface area contributed by atoms with Crippen molar-refractivity contribution in [2.45, 2.75) is 19.8 Å². The molecule has 0 radical (unpaired) electrons. The second kappa shape index (κ2) is 9.63. The standard InChI is InChI=1S/C9H15N2O4.W/c1-6(3-4-7(2)12)9(14)11-8(13)5-15-10;/h6H,1,3-5,10H2,2H3,(H,11,13,14);/q-1;. The van der Waals surface area contributed by atoms with Crippen molar-refractivity contribution in [3.8, 4) is 0 Å². The molecule has 16 heavy (non-hydrogen) atoms. The van der Waals surface area contributed by atoms with E-state index in [-0.39, 0.29) is 39.9 Å². The predicted octanol–water partition coefficient (Wildman–Crippen LogP) is -0.664. The minimum atomic E-state index is -0.629. The van der Waals surface area contributed by atoms with Crippen LogP contribution in [-0.2, 0) is 40.3 Å². The summed E-state index contributed by atoms with van der Waals surface area (Å²) >= 11 is 0. The van der Waals surface area contributed by atoms with E-state index >= 15 is 0 Å². The zero-order valence-electron chi connectivity index (χ0n) is 9.02. The van der Waals surface area contributed by atoms with Crippen LogP contribution < -0.4 is 11.2 Å². The summed E-state index contributed by atoms with van der Waals surface area (Å²) in [5, 5.41) is 2.05. The summed E-state index contributed by atoms with van der Waals surface area (Å²) in [6, 6.07) is 0. The first-order valence-electron chi connectivity index (χ1n) is 4.45. The molecule has 92 valence electrons. The van der Waals surface area contributed by atoms with Gasteiger partial charge in [-0.25, -0.2) is 5.90 Å². The fourth-order valence-corrected chi connectivity index (χ4v) is 0.860. The van der Waals surface area contributed by atoms with Gasteiger partial charge in [-0.3, -0.25) is 19.7 Å². The van der Waals surface area contributed by atoms with E-state index in [9.17, 15) is 14.4 Å². The summed E-state index contributed by atoms with van der Waals surface area (Å²) in [6.07, 6.45) is 0.584. The third-order valence-electron chi connectivity index (χ3n) is 1.69. The summed E-state index contributed by atoms with van der Waals surface area (Å²) in [7, 11) is 0. The normalized spacial score (nSPS) is 11.2. The number of hydrogen-bond acceptors (Lipinski definition) is 5. The molecule has 0 aromatic carbocycles. The van der Waals surface area contributed by atoms with Crippen molar-refractivity contribution in [3.05, 3.63) is 6.92 Å². The van der Waals surface area contributed by atoms with E-state index in [0.29, 0.717) is 6.42 Å². The average Bonchev–Trinajstić information content (AvgIpc) is 2.14. The van der Waals surface area contributed by atoms with Crippen molar-refractivity contribution in [1.29, 1.82) is 0 Å². The molecule has 0 aromatic rings. The molecule has 0 saturated carbocycles. The fraction of sp³-hybridized carbons (Fsp3) is 0.556. The maximum absolute atomic E-state index is 11.2. The van der Waals surface area contributed by atoms with Gasteiger partial charge in [0.1, 0.15) is 12.4 Å². The fourth-order valence-electron chi connectivity index (χ4n) is 0.860. The summed E-state index contributed by atoms with van der Waals surface area (Å²) in [5.74, 6) is 2.84. The average molecular weight is 399 g/mol. The summed E-state index contributed by atoms with van der Waals surface area (Å²) in [5.41, 5.74) is 0. The molecule has 0 heterocycles. The number of amides is 2. The van der Waals surface area contributed by atoms with Crippen LogP contribution in [0, 0.1) is 12.8 Å². The zero-order chi connectivity index (χ0) is 11.8. The Morgan fingerprint density at radius 1 is 1.44 bits per heavy atom. The van der Waals surface area contributed by atoms with Gasteiger partial charge < -0.3 is 11.7 Å². The Morgan fingerprint density at radius 3 is 2.44 bits per heavy atom. The Kier molecular flexibility index (Phi) is 10.7. The second-order valence-corrected chi connectivity index (χ2v) is 3.16. The van der Waals surface area contributed by atoms with Crippen LogP contribution in [0.5, 0.6) is 0 Å². The molecule has 1 unspecified atom stereocenters. The number of ketones is 1. The molecule has 0 fully saturated rings. The van der Waals surface area contributed by atoms with Crippen LogP contribution in [0.15, 0.2) is 0 Å². The van der Waals surface area contributed by atoms with Gasteiger partial charge in [0.25, 0.3) is 5.91 Å². The number of nitrogens with two attached hydrogens (primary N) is 1. The van der Waals surface area contributed by atoms with E-state index in [1.54, 1.807) is 0 Å². The van der Waals surface area contributed by atoms with Gasteiger partial charge >= 0.3 is 0 Å². The molecule has 0 bridgehead atoms. The largest absolute Gasteiger partial charge is 0.331 e. The molecular weight excluding hydrogens is 384 g/mol. The van der Waals surface area contributed by atoms with Crippen LogP contribution in [0.1, 0.15) is 19.8 Å². The predicted molar refractivity (Wildman–Crippen MR) is 52.1 cm³/mol. The molecule has 7 heteroatoms. The quantitative estimate of drug-likeness (QED) is 0.457. The van der Waals surface area contributed by atoms with Crippen molar-refractivity contribution in [1.82, 2.24) is 5.32 Å². The van der Waals surface area contributed by atoms with E-state index in [0.717, 1.165) is 0 Å². The van der Waals surface area contributed by atoms with Crippen LogP contribution in [0.2, 0.25) is 0 Å². The zero-order valence-corrected chi connectivity index (χ0v) is 12.0. The number of carbonyl (C=O) groups excluding carboxylic acids is 3. The van der Waals surface area contributed by atoms with Crippen molar-refractivity contribution in [2.75, 3.05) is 6.61 Å². The maximum atomic E-state index is 11.2. The number of imide groups is 1. The molecule has 0 rings (SSSR count). The van der Waals surface area contributed by atoms with Crippen LogP contribution in [0.3, 0.4) is 0 Å². The molecule has 0 aliphatic carbocycles. The third-order valence-corrected chi connectivity index (χ3v) is 1.69.